The second-order valence-electron chi connectivity index (χ2n) is 15.8. The Bertz CT molecular complexity index is 1790. The summed E-state index contributed by atoms with van der Waals surface area (Å²) in [5, 5.41) is 18.4. The molecule has 51 heavy (non-hydrogen) atoms. The number of amides is 7. The monoisotopic (exact) mass is 698 g/mol. The van der Waals surface area contributed by atoms with Crippen LogP contribution in [0.25, 0.3) is 0 Å². The lowest BCUT2D eigenvalue weighted by atomic mass is 9.55. The van der Waals surface area contributed by atoms with Gasteiger partial charge in [0.15, 0.2) is 0 Å². The van der Waals surface area contributed by atoms with Crippen molar-refractivity contribution in [1.82, 2.24) is 20.0 Å². The van der Waals surface area contributed by atoms with Crippen molar-refractivity contribution >= 4 is 47.1 Å². The smallest absolute Gasteiger partial charge is 0.328 e. The summed E-state index contributed by atoms with van der Waals surface area (Å²) in [5.74, 6) is -0.799. The summed E-state index contributed by atoms with van der Waals surface area (Å²) in [7, 11) is 1.35. The molecule has 7 atom stereocenters. The predicted molar refractivity (Wildman–Crippen MR) is 187 cm³/mol. The van der Waals surface area contributed by atoms with Crippen molar-refractivity contribution in [2.24, 2.45) is 29.1 Å². The van der Waals surface area contributed by atoms with E-state index in [9.17, 15) is 33.9 Å². The average molecular weight is 699 g/mol. The number of para-hydroxylation sites is 1. The van der Waals surface area contributed by atoms with E-state index in [2.05, 4.69) is 16.0 Å². The maximum absolute atomic E-state index is 13.7. The van der Waals surface area contributed by atoms with E-state index < -0.39 is 60.3 Å². The molecule has 3 bridgehead atoms. The van der Waals surface area contributed by atoms with Crippen LogP contribution in [0.3, 0.4) is 0 Å². The molecule has 4 saturated carbocycles. The van der Waals surface area contributed by atoms with Gasteiger partial charge in [-0.05, 0) is 111 Å². The third-order valence-electron chi connectivity index (χ3n) is 12.6. The molecular formula is C38H46N6O7. The van der Waals surface area contributed by atoms with Gasteiger partial charge in [-0.25, -0.2) is 9.59 Å². The number of hydrogen-bond acceptors (Lipinski definition) is 6. The van der Waals surface area contributed by atoms with E-state index in [1.165, 1.54) is 24.8 Å². The molecule has 13 nitrogen and oxygen atoms in total. The van der Waals surface area contributed by atoms with Gasteiger partial charge in [0.2, 0.25) is 11.8 Å². The molecule has 4 N–H and O–H groups in total. The molecule has 7 amide bonds. The van der Waals surface area contributed by atoms with Crippen molar-refractivity contribution in [3.05, 3.63) is 59.7 Å². The van der Waals surface area contributed by atoms with Crippen LogP contribution < -0.4 is 16.0 Å². The molecular weight excluding hydrogens is 652 g/mol. The Morgan fingerprint density at radius 2 is 1.71 bits per heavy atom. The first-order valence-electron chi connectivity index (χ1n) is 17.8. The quantitative estimate of drug-likeness (QED) is 0.252. The van der Waals surface area contributed by atoms with Crippen molar-refractivity contribution in [2.75, 3.05) is 24.2 Å². The molecule has 1 spiro atoms. The van der Waals surface area contributed by atoms with Crippen LogP contribution in [0, 0.1) is 36.0 Å². The lowest BCUT2D eigenvalue weighted by molar-refractivity contribution is -0.147. The predicted octanol–water partition coefficient (Wildman–Crippen LogP) is 4.42. The molecule has 13 heteroatoms. The number of carboxylic acid groups (broad SMARTS) is 1. The molecule has 4 aliphatic carbocycles. The van der Waals surface area contributed by atoms with Gasteiger partial charge < -0.3 is 30.9 Å². The summed E-state index contributed by atoms with van der Waals surface area (Å²) in [6.45, 7) is 4.53. The number of aliphatic carboxylic acids is 1. The maximum Gasteiger partial charge on any atom is 0.328 e. The van der Waals surface area contributed by atoms with Gasteiger partial charge in [-0.1, -0.05) is 30.3 Å². The Labute approximate surface area is 297 Å². The van der Waals surface area contributed by atoms with Crippen LogP contribution in [0.15, 0.2) is 48.5 Å². The minimum absolute atomic E-state index is 0.0181. The zero-order chi connectivity index (χ0) is 36.4. The van der Waals surface area contributed by atoms with E-state index in [4.69, 9.17) is 0 Å². The van der Waals surface area contributed by atoms with Crippen LogP contribution in [0.1, 0.15) is 63.5 Å². The summed E-state index contributed by atoms with van der Waals surface area (Å²) in [5.41, 5.74) is 1.88. The number of imide groups is 1. The number of urea groups is 2. The Morgan fingerprint density at radius 1 is 0.980 bits per heavy atom. The first-order chi connectivity index (χ1) is 24.2. The van der Waals surface area contributed by atoms with Gasteiger partial charge in [-0.2, -0.15) is 0 Å². The van der Waals surface area contributed by atoms with Crippen LogP contribution in [0.5, 0.6) is 0 Å². The molecule has 6 unspecified atom stereocenters. The number of nitrogens with one attached hydrogen (secondary N) is 3. The van der Waals surface area contributed by atoms with Crippen molar-refractivity contribution in [3.8, 4) is 0 Å². The third-order valence-corrected chi connectivity index (χ3v) is 12.6. The van der Waals surface area contributed by atoms with Gasteiger partial charge in [-0.3, -0.25) is 24.1 Å². The number of hydrogen-bond donors (Lipinski definition) is 4. The van der Waals surface area contributed by atoms with Gasteiger partial charge in [0.05, 0.1) is 6.42 Å². The van der Waals surface area contributed by atoms with E-state index in [0.717, 1.165) is 40.5 Å². The zero-order valence-corrected chi connectivity index (χ0v) is 29.5. The summed E-state index contributed by atoms with van der Waals surface area (Å²) >= 11 is 0. The summed E-state index contributed by atoms with van der Waals surface area (Å²) < 4.78 is 0. The van der Waals surface area contributed by atoms with E-state index in [1.807, 2.05) is 25.1 Å². The maximum atomic E-state index is 13.7. The molecule has 2 aromatic carbocycles. The SMILES string of the molecule is Cc1ccccc1NC(=O)Nc1ccc(CN2C(=O)N(CC(=O)N(C)[C@@H](CC(=O)O)C(=O)NC3C4CC5CC6CC3C6(C5)C4)C(=O)C2(C)C)cc1. The highest BCUT2D eigenvalue weighted by Gasteiger charge is 2.70. The Morgan fingerprint density at radius 3 is 2.41 bits per heavy atom. The van der Waals surface area contributed by atoms with Crippen molar-refractivity contribution in [3.63, 3.8) is 0 Å². The molecule has 1 aliphatic heterocycles. The first kappa shape index (κ1) is 34.5. The number of fused-ring (bicyclic) bond motifs is 2. The second-order valence-corrected chi connectivity index (χ2v) is 15.8. The van der Waals surface area contributed by atoms with E-state index in [1.54, 1.807) is 44.2 Å². The van der Waals surface area contributed by atoms with Gasteiger partial charge in [-0.15, -0.1) is 0 Å². The summed E-state index contributed by atoms with van der Waals surface area (Å²) in [6.07, 6.45) is 5.20. The topological polar surface area (TPSA) is 168 Å². The van der Waals surface area contributed by atoms with Crippen LogP contribution >= 0.6 is 0 Å². The fraction of sp³-hybridized carbons (Fsp3) is 0.526. The number of likely N-dealkylation sites (N-methyl/N-ethyl adjacent to an activating group) is 1. The molecule has 1 saturated heterocycles. The van der Waals surface area contributed by atoms with Crippen molar-refractivity contribution in [2.45, 2.75) is 83.5 Å². The molecule has 2 aromatic rings. The standard InChI is InChI=1S/C38H46N6O7/c1-21-7-5-6-8-28(21)40-35(50)39-26-11-9-22(10-12-26)19-44-36(51)43(34(49)37(44,2)3)20-30(45)42(4)29(16-31(46)47)33(48)41-32-24-13-23-14-25-15-27(32)38(25,17-23)18-24/h5-12,23-25,27,29,32H,13-20H2,1-4H3,(H,41,48)(H,46,47)(H2,39,40,50)/t23?,24?,25?,27?,29-,32?,38?/m0/s1. The number of carboxylic acids is 1. The lowest BCUT2D eigenvalue weighted by Crippen LogP contribution is -2.57. The minimum atomic E-state index is -1.29. The van der Waals surface area contributed by atoms with Crippen LogP contribution in [-0.2, 0) is 25.7 Å². The van der Waals surface area contributed by atoms with Gasteiger partial charge in [0.25, 0.3) is 5.91 Å². The minimum Gasteiger partial charge on any atom is -0.481 e. The molecule has 270 valence electrons. The zero-order valence-electron chi connectivity index (χ0n) is 29.5. The molecule has 0 radical (unpaired) electrons. The van der Waals surface area contributed by atoms with E-state index in [0.29, 0.717) is 40.1 Å². The van der Waals surface area contributed by atoms with E-state index in [-0.39, 0.29) is 12.6 Å². The van der Waals surface area contributed by atoms with Crippen LogP contribution in [0.2, 0.25) is 0 Å². The van der Waals surface area contributed by atoms with Gasteiger partial charge in [0, 0.05) is 31.0 Å². The van der Waals surface area contributed by atoms with Gasteiger partial charge in [0.1, 0.15) is 18.1 Å². The van der Waals surface area contributed by atoms with E-state index >= 15 is 0 Å². The van der Waals surface area contributed by atoms with Crippen molar-refractivity contribution < 1.29 is 33.9 Å². The Hall–Kier alpha value is -4.94. The largest absolute Gasteiger partial charge is 0.481 e. The summed E-state index contributed by atoms with van der Waals surface area (Å²) in [6, 6.07) is 11.9. The lowest BCUT2D eigenvalue weighted by Gasteiger charge is -2.50. The number of carbonyl (C=O) groups excluding carboxylic acids is 5. The first-order valence-corrected chi connectivity index (χ1v) is 17.8. The number of anilines is 2. The van der Waals surface area contributed by atoms with Crippen molar-refractivity contribution in [1.29, 1.82) is 0 Å². The number of nitrogens with zero attached hydrogens (tertiary/aromatic N) is 3. The number of aryl methyl sites for hydroxylation is 1. The highest BCUT2D eigenvalue weighted by Crippen LogP contribution is 2.75. The Balaban J connectivity index is 0.975. The molecule has 0 aromatic heterocycles. The number of rotatable bonds is 11. The fourth-order valence-electron chi connectivity index (χ4n) is 9.94. The normalized spacial score (nSPS) is 28.6. The number of carbonyl (C=O) groups is 6. The van der Waals surface area contributed by atoms with Gasteiger partial charge >= 0.3 is 18.0 Å². The number of benzene rings is 2. The third kappa shape index (κ3) is 5.99. The molecule has 1 heterocycles. The highest BCUT2D eigenvalue weighted by molar-refractivity contribution is 6.08. The summed E-state index contributed by atoms with van der Waals surface area (Å²) in [4.78, 5) is 82.2. The second kappa shape index (κ2) is 12.7. The molecule has 5 aliphatic rings. The average Bonchev–Trinajstić information content (AvgIpc) is 3.45. The molecule has 7 rings (SSSR count). The molecule has 5 fully saturated rings. The Kier molecular flexibility index (Phi) is 8.58. The van der Waals surface area contributed by atoms with Crippen LogP contribution in [-0.4, -0.2) is 86.8 Å². The highest BCUT2D eigenvalue weighted by atomic mass is 16.4. The fourth-order valence-corrected chi connectivity index (χ4v) is 9.94. The van der Waals surface area contributed by atoms with Crippen LogP contribution in [0.4, 0.5) is 21.0 Å².